The first-order valence-corrected chi connectivity index (χ1v) is 10.5. The van der Waals surface area contributed by atoms with Crippen LogP contribution in [0.3, 0.4) is 0 Å². The Kier molecular flexibility index (Phi) is 6.58. The molecule has 1 aliphatic heterocycles. The van der Waals surface area contributed by atoms with E-state index in [9.17, 15) is 9.59 Å². The summed E-state index contributed by atoms with van der Waals surface area (Å²) < 4.78 is 11.6. The fourth-order valence-electron chi connectivity index (χ4n) is 3.15. The van der Waals surface area contributed by atoms with E-state index in [0.29, 0.717) is 33.8 Å². The molecule has 3 rings (SSSR count). The van der Waals surface area contributed by atoms with Crippen LogP contribution in [0, 0.1) is 13.8 Å². The molecule has 8 heteroatoms. The Labute approximate surface area is 189 Å². The van der Waals surface area contributed by atoms with E-state index in [1.807, 2.05) is 32.9 Å². The predicted molar refractivity (Wildman–Crippen MR) is 124 cm³/mol. The zero-order valence-corrected chi connectivity index (χ0v) is 19.4. The minimum absolute atomic E-state index is 0.0241. The number of carbonyl (C=O) groups excluding carboxylic acids is 2. The van der Waals surface area contributed by atoms with Gasteiger partial charge >= 0.3 is 0 Å². The highest BCUT2D eigenvalue weighted by molar-refractivity contribution is 9.10. The third kappa shape index (κ3) is 4.11. The lowest BCUT2D eigenvalue weighted by molar-refractivity contribution is -0.122. The Hall–Kier alpha value is -2.71. The fourth-order valence-corrected chi connectivity index (χ4v) is 4.05. The number of carbonyl (C=O) groups is 2. The molecule has 1 aliphatic rings. The van der Waals surface area contributed by atoms with E-state index in [0.717, 1.165) is 11.1 Å². The first kappa shape index (κ1) is 22.0. The van der Waals surface area contributed by atoms with Crippen molar-refractivity contribution in [3.05, 3.63) is 57.1 Å². The molecule has 156 valence electrons. The third-order valence-corrected chi connectivity index (χ3v) is 5.64. The van der Waals surface area contributed by atoms with Gasteiger partial charge in [-0.15, -0.1) is 0 Å². The maximum atomic E-state index is 13.3. The summed E-state index contributed by atoms with van der Waals surface area (Å²) in [4.78, 5) is 27.2. The zero-order valence-electron chi connectivity index (χ0n) is 17.0. The van der Waals surface area contributed by atoms with Gasteiger partial charge in [0.1, 0.15) is 5.57 Å². The maximum Gasteiger partial charge on any atom is 0.270 e. The average molecular weight is 489 g/mol. The molecule has 0 saturated carbocycles. The number of methoxy groups -OCH3 is 1. The van der Waals surface area contributed by atoms with Crippen LogP contribution in [-0.4, -0.2) is 30.6 Å². The molecule has 2 aromatic carbocycles. The van der Waals surface area contributed by atoms with Crippen LogP contribution < -0.4 is 19.7 Å². The topological polar surface area (TPSA) is 67.9 Å². The Bertz CT molecular complexity index is 1080. The van der Waals surface area contributed by atoms with E-state index in [1.54, 1.807) is 25.3 Å². The van der Waals surface area contributed by atoms with Gasteiger partial charge in [-0.1, -0.05) is 12.1 Å². The molecular formula is C22H21BrN2O4S. The van der Waals surface area contributed by atoms with E-state index in [2.05, 4.69) is 21.2 Å². The second-order valence-corrected chi connectivity index (χ2v) is 7.89. The van der Waals surface area contributed by atoms with Crippen molar-refractivity contribution in [1.82, 2.24) is 5.32 Å². The van der Waals surface area contributed by atoms with E-state index in [4.69, 9.17) is 21.7 Å². The molecule has 0 atom stereocenters. The molecule has 0 bridgehead atoms. The van der Waals surface area contributed by atoms with E-state index in [-0.39, 0.29) is 10.7 Å². The average Bonchev–Trinajstić information content (AvgIpc) is 2.68. The minimum atomic E-state index is -0.545. The molecule has 0 unspecified atom stereocenters. The van der Waals surface area contributed by atoms with Crippen LogP contribution in [0.2, 0.25) is 0 Å². The van der Waals surface area contributed by atoms with Gasteiger partial charge in [0.2, 0.25) is 0 Å². The first-order chi connectivity index (χ1) is 14.3. The molecule has 0 aromatic heterocycles. The Morgan fingerprint density at radius 1 is 1.23 bits per heavy atom. The molecule has 1 saturated heterocycles. The number of rotatable bonds is 5. The molecule has 1 N–H and O–H groups in total. The number of ether oxygens (including phenoxy) is 2. The number of benzene rings is 2. The smallest absolute Gasteiger partial charge is 0.270 e. The molecule has 2 amide bonds. The van der Waals surface area contributed by atoms with Gasteiger partial charge in [-0.05, 0) is 89.9 Å². The Morgan fingerprint density at radius 3 is 2.63 bits per heavy atom. The van der Waals surface area contributed by atoms with Crippen LogP contribution in [0.25, 0.3) is 6.08 Å². The summed E-state index contributed by atoms with van der Waals surface area (Å²) in [5, 5.41) is 2.67. The molecule has 0 radical (unpaired) electrons. The molecule has 0 spiro atoms. The molecule has 6 nitrogen and oxygen atoms in total. The van der Waals surface area contributed by atoms with Gasteiger partial charge in [0.15, 0.2) is 16.6 Å². The van der Waals surface area contributed by atoms with Crippen LogP contribution in [-0.2, 0) is 9.59 Å². The summed E-state index contributed by atoms with van der Waals surface area (Å²) in [5.74, 6) is 0.0159. The summed E-state index contributed by atoms with van der Waals surface area (Å²) in [7, 11) is 1.54. The van der Waals surface area contributed by atoms with Gasteiger partial charge in [0, 0.05) is 0 Å². The Balaban J connectivity index is 2.08. The largest absolute Gasteiger partial charge is 0.492 e. The SMILES string of the molecule is CCOc1cc(/C=C2\C(=O)NC(=S)N(c3cccc(C)c3C)C2=O)cc(Br)c1OC. The standard InChI is InChI=1S/C22H21BrN2O4S/c1-5-29-18-11-14(10-16(23)19(18)28-4)9-15-20(26)24-22(30)25(21(15)27)17-8-6-7-12(2)13(17)3/h6-11H,5H2,1-4H3,(H,24,26,30)/b15-9+. The normalized spacial score (nSPS) is 15.4. The maximum absolute atomic E-state index is 13.3. The van der Waals surface area contributed by atoms with Crippen LogP contribution in [0.4, 0.5) is 5.69 Å². The zero-order chi connectivity index (χ0) is 22.0. The summed E-state index contributed by atoms with van der Waals surface area (Å²) in [6.07, 6.45) is 1.52. The predicted octanol–water partition coefficient (Wildman–Crippen LogP) is 4.30. The molecular weight excluding hydrogens is 468 g/mol. The van der Waals surface area contributed by atoms with Gasteiger partial charge in [-0.25, -0.2) is 0 Å². The molecule has 2 aromatic rings. The summed E-state index contributed by atoms with van der Waals surface area (Å²) in [6.45, 7) is 6.17. The number of anilines is 1. The van der Waals surface area contributed by atoms with E-state index < -0.39 is 11.8 Å². The molecule has 1 heterocycles. The Morgan fingerprint density at radius 2 is 1.97 bits per heavy atom. The molecule has 30 heavy (non-hydrogen) atoms. The lowest BCUT2D eigenvalue weighted by Crippen LogP contribution is -2.54. The van der Waals surface area contributed by atoms with Crippen molar-refractivity contribution in [3.63, 3.8) is 0 Å². The van der Waals surface area contributed by atoms with Crippen molar-refractivity contribution >= 4 is 56.8 Å². The number of hydrogen-bond donors (Lipinski definition) is 1. The van der Waals surface area contributed by atoms with Gasteiger partial charge < -0.3 is 9.47 Å². The second-order valence-electron chi connectivity index (χ2n) is 6.64. The fraction of sp³-hybridized carbons (Fsp3) is 0.227. The molecule has 1 fully saturated rings. The van der Waals surface area contributed by atoms with Crippen molar-refractivity contribution < 1.29 is 19.1 Å². The molecule has 0 aliphatic carbocycles. The summed E-state index contributed by atoms with van der Waals surface area (Å²) in [5.41, 5.74) is 3.16. The van der Waals surface area contributed by atoms with Gasteiger partial charge in [0.25, 0.3) is 11.8 Å². The summed E-state index contributed by atoms with van der Waals surface area (Å²) in [6, 6.07) is 9.08. The van der Waals surface area contributed by atoms with Gasteiger partial charge in [-0.2, -0.15) is 0 Å². The number of amides is 2. The highest BCUT2D eigenvalue weighted by Gasteiger charge is 2.35. The van der Waals surface area contributed by atoms with Crippen molar-refractivity contribution in [2.24, 2.45) is 0 Å². The van der Waals surface area contributed by atoms with Crippen molar-refractivity contribution in [2.45, 2.75) is 20.8 Å². The van der Waals surface area contributed by atoms with Gasteiger partial charge in [0.05, 0.1) is 23.9 Å². The lowest BCUT2D eigenvalue weighted by atomic mass is 10.0. The van der Waals surface area contributed by atoms with Crippen molar-refractivity contribution in [3.8, 4) is 11.5 Å². The minimum Gasteiger partial charge on any atom is -0.492 e. The highest BCUT2D eigenvalue weighted by Crippen LogP contribution is 2.37. The number of aryl methyl sites for hydroxylation is 1. The van der Waals surface area contributed by atoms with Crippen molar-refractivity contribution in [2.75, 3.05) is 18.6 Å². The highest BCUT2D eigenvalue weighted by atomic mass is 79.9. The number of thiocarbonyl (C=S) groups is 1. The first-order valence-electron chi connectivity index (χ1n) is 9.26. The lowest BCUT2D eigenvalue weighted by Gasteiger charge is -2.30. The van der Waals surface area contributed by atoms with E-state index >= 15 is 0 Å². The third-order valence-electron chi connectivity index (χ3n) is 4.77. The van der Waals surface area contributed by atoms with Crippen LogP contribution in [0.1, 0.15) is 23.6 Å². The number of nitrogens with one attached hydrogen (secondary N) is 1. The van der Waals surface area contributed by atoms with Gasteiger partial charge in [-0.3, -0.25) is 19.8 Å². The quantitative estimate of drug-likeness (QED) is 0.385. The monoisotopic (exact) mass is 488 g/mol. The number of nitrogens with zero attached hydrogens (tertiary/aromatic N) is 1. The van der Waals surface area contributed by atoms with Crippen LogP contribution in [0.15, 0.2) is 40.4 Å². The van der Waals surface area contributed by atoms with Crippen LogP contribution >= 0.6 is 28.1 Å². The van der Waals surface area contributed by atoms with E-state index in [1.165, 1.54) is 11.0 Å². The van der Waals surface area contributed by atoms with Crippen molar-refractivity contribution in [1.29, 1.82) is 0 Å². The van der Waals surface area contributed by atoms with Crippen LogP contribution in [0.5, 0.6) is 11.5 Å². The second kappa shape index (κ2) is 8.97. The summed E-state index contributed by atoms with van der Waals surface area (Å²) >= 11 is 8.74. The number of halogens is 1. The number of hydrogen-bond acceptors (Lipinski definition) is 5.